The van der Waals surface area contributed by atoms with Crippen molar-refractivity contribution in [2.75, 3.05) is 0 Å². The lowest BCUT2D eigenvalue weighted by atomic mass is 9.82. The Balaban J connectivity index is 1.67. The summed E-state index contributed by atoms with van der Waals surface area (Å²) in [6.45, 7) is 0. The van der Waals surface area contributed by atoms with E-state index in [9.17, 15) is 4.79 Å². The number of aliphatic carboxylic acids is 1. The highest BCUT2D eigenvalue weighted by atomic mass is 16.5. The second kappa shape index (κ2) is 3.76. The largest absolute Gasteiger partial charge is 0.490 e. The van der Waals surface area contributed by atoms with Crippen LogP contribution in [-0.4, -0.2) is 22.2 Å². The number of aromatic nitrogens is 1. The third kappa shape index (κ3) is 1.84. The number of fused-ring (bicyclic) bond motifs is 1. The molecule has 1 aromatic heterocycles. The van der Waals surface area contributed by atoms with Crippen LogP contribution in [0.5, 0.6) is 5.75 Å². The van der Waals surface area contributed by atoms with Gasteiger partial charge in [-0.3, -0.25) is 4.79 Å². The van der Waals surface area contributed by atoms with Crippen molar-refractivity contribution in [3.05, 3.63) is 24.6 Å². The van der Waals surface area contributed by atoms with Crippen LogP contribution in [0.1, 0.15) is 12.8 Å². The number of oxazole rings is 1. The molecule has 0 radical (unpaired) electrons. The summed E-state index contributed by atoms with van der Waals surface area (Å²) >= 11 is 0. The molecule has 5 heteroatoms. The predicted octanol–water partition coefficient (Wildman–Crippen LogP) is 2.07. The summed E-state index contributed by atoms with van der Waals surface area (Å²) in [5.41, 5.74) is 1.46. The molecular formula is C12H11NO4. The van der Waals surface area contributed by atoms with Crippen molar-refractivity contribution in [1.82, 2.24) is 4.98 Å². The van der Waals surface area contributed by atoms with Gasteiger partial charge in [0, 0.05) is 6.07 Å². The molecule has 2 aromatic rings. The van der Waals surface area contributed by atoms with E-state index in [1.165, 1.54) is 6.39 Å². The lowest BCUT2D eigenvalue weighted by Crippen LogP contribution is -2.38. The summed E-state index contributed by atoms with van der Waals surface area (Å²) in [5.74, 6) is -0.284. The van der Waals surface area contributed by atoms with Gasteiger partial charge in [-0.1, -0.05) is 0 Å². The molecule has 1 fully saturated rings. The van der Waals surface area contributed by atoms with Crippen molar-refractivity contribution in [2.24, 2.45) is 5.92 Å². The Morgan fingerprint density at radius 3 is 3.06 bits per heavy atom. The maximum absolute atomic E-state index is 10.6. The van der Waals surface area contributed by atoms with E-state index in [4.69, 9.17) is 14.3 Å². The predicted molar refractivity (Wildman–Crippen MR) is 58.8 cm³/mol. The van der Waals surface area contributed by atoms with E-state index in [0.29, 0.717) is 18.6 Å². The van der Waals surface area contributed by atoms with E-state index >= 15 is 0 Å². The molecule has 0 amide bonds. The number of ether oxygens (including phenoxy) is 1. The highest BCUT2D eigenvalue weighted by Gasteiger charge is 2.36. The fourth-order valence-corrected chi connectivity index (χ4v) is 1.97. The van der Waals surface area contributed by atoms with Gasteiger partial charge in [-0.05, 0) is 25.0 Å². The van der Waals surface area contributed by atoms with E-state index in [0.717, 1.165) is 11.1 Å². The molecule has 1 aliphatic carbocycles. The molecule has 5 nitrogen and oxygen atoms in total. The first kappa shape index (κ1) is 10.1. The van der Waals surface area contributed by atoms with Crippen molar-refractivity contribution in [3.8, 4) is 5.75 Å². The Hall–Kier alpha value is -2.04. The van der Waals surface area contributed by atoms with Crippen LogP contribution in [0.4, 0.5) is 0 Å². The van der Waals surface area contributed by atoms with Crippen LogP contribution in [0.3, 0.4) is 0 Å². The van der Waals surface area contributed by atoms with Crippen molar-refractivity contribution < 1.29 is 19.1 Å². The molecule has 0 spiro atoms. The Morgan fingerprint density at radius 2 is 2.29 bits per heavy atom. The summed E-state index contributed by atoms with van der Waals surface area (Å²) in [7, 11) is 0. The monoisotopic (exact) mass is 233 g/mol. The molecular weight excluding hydrogens is 222 g/mol. The summed E-state index contributed by atoms with van der Waals surface area (Å²) in [5, 5.41) is 8.75. The van der Waals surface area contributed by atoms with Gasteiger partial charge in [-0.25, -0.2) is 4.98 Å². The van der Waals surface area contributed by atoms with Gasteiger partial charge in [-0.2, -0.15) is 0 Å². The topological polar surface area (TPSA) is 72.6 Å². The third-order valence-electron chi connectivity index (χ3n) is 3.05. The quantitative estimate of drug-likeness (QED) is 0.878. The Kier molecular flexibility index (Phi) is 2.24. The number of carboxylic acid groups (broad SMARTS) is 1. The lowest BCUT2D eigenvalue weighted by Gasteiger charge is -2.32. The molecule has 0 aliphatic heterocycles. The standard InChI is InChI=1S/C12H11NO4/c14-12(15)7-3-9(4-7)17-8-1-2-11-10(5-8)13-6-16-11/h1-2,5-7,9H,3-4H2,(H,14,15)/t7-,9-. The van der Waals surface area contributed by atoms with Gasteiger partial charge in [0.05, 0.1) is 5.92 Å². The molecule has 0 atom stereocenters. The highest BCUT2D eigenvalue weighted by molar-refractivity contribution is 5.74. The molecule has 1 aromatic carbocycles. The van der Waals surface area contributed by atoms with Crippen LogP contribution in [0.25, 0.3) is 11.1 Å². The van der Waals surface area contributed by atoms with Gasteiger partial charge in [0.25, 0.3) is 0 Å². The van der Waals surface area contributed by atoms with Crippen LogP contribution in [0.2, 0.25) is 0 Å². The summed E-state index contributed by atoms with van der Waals surface area (Å²) in [6, 6.07) is 5.40. The zero-order valence-electron chi connectivity index (χ0n) is 9.00. The second-order valence-corrected chi connectivity index (χ2v) is 4.23. The average Bonchev–Trinajstić information content (AvgIpc) is 2.69. The molecule has 0 saturated heterocycles. The molecule has 1 N–H and O–H groups in total. The fraction of sp³-hybridized carbons (Fsp3) is 0.333. The van der Waals surface area contributed by atoms with Crippen LogP contribution in [0, 0.1) is 5.92 Å². The Labute approximate surface area is 97.0 Å². The zero-order valence-corrected chi connectivity index (χ0v) is 9.00. The molecule has 88 valence electrons. The number of carboxylic acids is 1. The number of nitrogens with zero attached hydrogens (tertiary/aromatic N) is 1. The number of hydrogen-bond acceptors (Lipinski definition) is 4. The molecule has 1 aliphatic rings. The van der Waals surface area contributed by atoms with Crippen molar-refractivity contribution >= 4 is 17.1 Å². The van der Waals surface area contributed by atoms with Crippen LogP contribution < -0.4 is 4.74 Å². The second-order valence-electron chi connectivity index (χ2n) is 4.23. The molecule has 1 heterocycles. The van der Waals surface area contributed by atoms with Gasteiger partial charge in [0.1, 0.15) is 17.4 Å². The van der Waals surface area contributed by atoms with Gasteiger partial charge in [-0.15, -0.1) is 0 Å². The maximum Gasteiger partial charge on any atom is 0.306 e. The molecule has 1 saturated carbocycles. The lowest BCUT2D eigenvalue weighted by molar-refractivity contribution is -0.147. The van der Waals surface area contributed by atoms with Gasteiger partial charge in [0.2, 0.25) is 0 Å². The third-order valence-corrected chi connectivity index (χ3v) is 3.05. The Bertz CT molecular complexity index is 556. The van der Waals surface area contributed by atoms with Crippen LogP contribution in [-0.2, 0) is 4.79 Å². The normalized spacial score (nSPS) is 23.3. The first-order valence-electron chi connectivity index (χ1n) is 5.45. The van der Waals surface area contributed by atoms with E-state index in [1.54, 1.807) is 12.1 Å². The van der Waals surface area contributed by atoms with E-state index in [2.05, 4.69) is 4.98 Å². The highest BCUT2D eigenvalue weighted by Crippen LogP contribution is 2.32. The van der Waals surface area contributed by atoms with E-state index in [-0.39, 0.29) is 12.0 Å². The first-order valence-corrected chi connectivity index (χ1v) is 5.45. The number of rotatable bonds is 3. The van der Waals surface area contributed by atoms with Crippen molar-refractivity contribution in [1.29, 1.82) is 0 Å². The van der Waals surface area contributed by atoms with E-state index in [1.807, 2.05) is 6.07 Å². The molecule has 0 bridgehead atoms. The van der Waals surface area contributed by atoms with Gasteiger partial charge in [0.15, 0.2) is 12.0 Å². The Morgan fingerprint density at radius 1 is 1.47 bits per heavy atom. The minimum atomic E-state index is -0.739. The number of carbonyl (C=O) groups is 1. The molecule has 0 unspecified atom stereocenters. The SMILES string of the molecule is O=C(O)[C@H]1C[C@H](Oc2ccc3ocnc3c2)C1. The summed E-state index contributed by atoms with van der Waals surface area (Å²) < 4.78 is 10.8. The van der Waals surface area contributed by atoms with Crippen LogP contribution >= 0.6 is 0 Å². The van der Waals surface area contributed by atoms with Gasteiger partial charge < -0.3 is 14.3 Å². The summed E-state index contributed by atoms with van der Waals surface area (Å²) in [6.07, 6.45) is 2.54. The van der Waals surface area contributed by atoms with E-state index < -0.39 is 5.97 Å². The fourth-order valence-electron chi connectivity index (χ4n) is 1.97. The zero-order chi connectivity index (χ0) is 11.8. The van der Waals surface area contributed by atoms with Gasteiger partial charge >= 0.3 is 5.97 Å². The minimum absolute atomic E-state index is 0.000418. The average molecular weight is 233 g/mol. The maximum atomic E-state index is 10.6. The number of hydrogen-bond donors (Lipinski definition) is 1. The minimum Gasteiger partial charge on any atom is -0.490 e. The van der Waals surface area contributed by atoms with Crippen molar-refractivity contribution in [3.63, 3.8) is 0 Å². The van der Waals surface area contributed by atoms with Crippen LogP contribution in [0.15, 0.2) is 29.0 Å². The first-order chi connectivity index (χ1) is 8.22. The number of benzene rings is 1. The van der Waals surface area contributed by atoms with Crippen molar-refractivity contribution in [2.45, 2.75) is 18.9 Å². The smallest absolute Gasteiger partial charge is 0.306 e. The molecule has 17 heavy (non-hydrogen) atoms. The summed E-state index contributed by atoms with van der Waals surface area (Å²) in [4.78, 5) is 14.7. The molecule has 3 rings (SSSR count).